The van der Waals surface area contributed by atoms with Crippen LogP contribution in [0.15, 0.2) is 30.3 Å². The molecule has 1 aromatic carbocycles. The van der Waals surface area contributed by atoms with Gasteiger partial charge in [0, 0.05) is 6.42 Å². The summed E-state index contributed by atoms with van der Waals surface area (Å²) < 4.78 is 0. The van der Waals surface area contributed by atoms with E-state index in [9.17, 15) is 4.79 Å². The lowest BCUT2D eigenvalue weighted by molar-refractivity contribution is -0.122. The minimum atomic E-state index is 0. The van der Waals surface area contributed by atoms with Crippen LogP contribution in [0.3, 0.4) is 0 Å². The van der Waals surface area contributed by atoms with E-state index in [-0.39, 0.29) is 24.4 Å². The topological polar surface area (TPSA) is 41.1 Å². The summed E-state index contributed by atoms with van der Waals surface area (Å²) in [4.78, 5) is 12.2. The van der Waals surface area contributed by atoms with Crippen molar-refractivity contribution in [1.82, 2.24) is 10.6 Å². The number of carbonyl (C=O) groups excluding carboxylic acids is 1. The zero-order chi connectivity index (χ0) is 15.1. The van der Waals surface area contributed by atoms with Crippen molar-refractivity contribution in [3.8, 4) is 0 Å². The van der Waals surface area contributed by atoms with Gasteiger partial charge in [0.25, 0.3) is 0 Å². The standard InChI is InChI=1S/C18H28N2O.ClH/c1-14(2)12-17(16-6-4-3-5-7-16)20-18(21)9-8-15-10-11-19-13-15;/h3-7,14-15,17,19H,8-13H2,1-2H3,(H,20,21);1H. The number of halogens is 1. The number of hydrogen-bond acceptors (Lipinski definition) is 2. The molecule has 1 aromatic rings. The van der Waals surface area contributed by atoms with Gasteiger partial charge in [0.15, 0.2) is 0 Å². The molecule has 0 bridgehead atoms. The van der Waals surface area contributed by atoms with Crippen LogP contribution in [0.1, 0.15) is 51.1 Å². The van der Waals surface area contributed by atoms with Crippen molar-refractivity contribution in [2.45, 2.75) is 45.6 Å². The first-order chi connectivity index (χ1) is 10.1. The van der Waals surface area contributed by atoms with Gasteiger partial charge in [-0.25, -0.2) is 0 Å². The van der Waals surface area contributed by atoms with Gasteiger partial charge in [0.1, 0.15) is 0 Å². The molecule has 3 nitrogen and oxygen atoms in total. The van der Waals surface area contributed by atoms with Crippen molar-refractivity contribution in [1.29, 1.82) is 0 Å². The lowest BCUT2D eigenvalue weighted by atomic mass is 9.96. The molecule has 1 aliphatic heterocycles. The van der Waals surface area contributed by atoms with Gasteiger partial charge in [-0.1, -0.05) is 44.2 Å². The summed E-state index contributed by atoms with van der Waals surface area (Å²) in [5.74, 6) is 1.43. The van der Waals surface area contributed by atoms with Crippen LogP contribution in [-0.4, -0.2) is 19.0 Å². The maximum Gasteiger partial charge on any atom is 0.220 e. The molecule has 1 saturated heterocycles. The number of benzene rings is 1. The van der Waals surface area contributed by atoms with Crippen LogP contribution in [0.25, 0.3) is 0 Å². The van der Waals surface area contributed by atoms with Crippen LogP contribution in [0.5, 0.6) is 0 Å². The first-order valence-corrected chi connectivity index (χ1v) is 8.20. The molecule has 0 aliphatic carbocycles. The molecule has 0 radical (unpaired) electrons. The molecule has 2 atom stereocenters. The molecule has 124 valence electrons. The van der Waals surface area contributed by atoms with Crippen LogP contribution in [0.4, 0.5) is 0 Å². The van der Waals surface area contributed by atoms with E-state index in [1.54, 1.807) is 0 Å². The summed E-state index contributed by atoms with van der Waals surface area (Å²) in [5, 5.41) is 6.59. The third-order valence-electron chi connectivity index (χ3n) is 4.19. The van der Waals surface area contributed by atoms with Crippen LogP contribution in [0, 0.1) is 11.8 Å². The highest BCUT2D eigenvalue weighted by Gasteiger charge is 2.19. The maximum absolute atomic E-state index is 12.2. The summed E-state index contributed by atoms with van der Waals surface area (Å²) in [6.07, 6.45) is 3.85. The molecule has 1 heterocycles. The first-order valence-electron chi connectivity index (χ1n) is 8.20. The van der Waals surface area contributed by atoms with E-state index < -0.39 is 0 Å². The molecule has 4 heteroatoms. The van der Waals surface area contributed by atoms with E-state index in [1.165, 1.54) is 12.0 Å². The van der Waals surface area contributed by atoms with E-state index in [1.807, 2.05) is 18.2 Å². The number of nitrogens with one attached hydrogen (secondary N) is 2. The van der Waals surface area contributed by atoms with Gasteiger partial charge in [-0.3, -0.25) is 4.79 Å². The van der Waals surface area contributed by atoms with Crippen molar-refractivity contribution in [2.75, 3.05) is 13.1 Å². The second kappa shape index (κ2) is 9.86. The highest BCUT2D eigenvalue weighted by atomic mass is 35.5. The van der Waals surface area contributed by atoms with E-state index >= 15 is 0 Å². The van der Waals surface area contributed by atoms with Crippen molar-refractivity contribution in [3.05, 3.63) is 35.9 Å². The van der Waals surface area contributed by atoms with Crippen LogP contribution >= 0.6 is 12.4 Å². The van der Waals surface area contributed by atoms with Crippen molar-refractivity contribution in [3.63, 3.8) is 0 Å². The molecule has 22 heavy (non-hydrogen) atoms. The summed E-state index contributed by atoms with van der Waals surface area (Å²) in [6, 6.07) is 10.5. The maximum atomic E-state index is 12.2. The fraction of sp³-hybridized carbons (Fsp3) is 0.611. The third kappa shape index (κ3) is 6.37. The van der Waals surface area contributed by atoms with E-state index in [2.05, 4.69) is 36.6 Å². The summed E-state index contributed by atoms with van der Waals surface area (Å²) in [6.45, 7) is 6.58. The Kier molecular flexibility index (Phi) is 8.51. The Bertz CT molecular complexity index is 430. The van der Waals surface area contributed by atoms with Crippen molar-refractivity contribution in [2.24, 2.45) is 11.8 Å². The highest BCUT2D eigenvalue weighted by Crippen LogP contribution is 2.22. The average molecular weight is 325 g/mol. The molecule has 2 unspecified atom stereocenters. The predicted molar refractivity (Wildman–Crippen MR) is 94.2 cm³/mol. The molecule has 1 aliphatic rings. The van der Waals surface area contributed by atoms with Gasteiger partial charge < -0.3 is 10.6 Å². The fourth-order valence-corrected chi connectivity index (χ4v) is 3.00. The zero-order valence-corrected chi connectivity index (χ0v) is 14.5. The number of rotatable bonds is 7. The average Bonchev–Trinajstić information content (AvgIpc) is 2.98. The molecule has 2 rings (SSSR count). The van der Waals surface area contributed by atoms with Crippen LogP contribution in [0.2, 0.25) is 0 Å². The quantitative estimate of drug-likeness (QED) is 0.803. The lowest BCUT2D eigenvalue weighted by Gasteiger charge is -2.21. The molecular weight excluding hydrogens is 296 g/mol. The smallest absolute Gasteiger partial charge is 0.220 e. The Hall–Kier alpha value is -1.06. The minimum Gasteiger partial charge on any atom is -0.349 e. The van der Waals surface area contributed by atoms with E-state index in [0.717, 1.165) is 25.9 Å². The van der Waals surface area contributed by atoms with Gasteiger partial charge in [0.05, 0.1) is 6.04 Å². The second-order valence-corrected chi connectivity index (χ2v) is 6.56. The van der Waals surface area contributed by atoms with Gasteiger partial charge in [-0.2, -0.15) is 0 Å². The Morgan fingerprint density at radius 3 is 2.64 bits per heavy atom. The predicted octanol–water partition coefficient (Wildman–Crippen LogP) is 3.70. The van der Waals surface area contributed by atoms with Gasteiger partial charge >= 0.3 is 0 Å². The minimum absolute atomic E-state index is 0. The second-order valence-electron chi connectivity index (χ2n) is 6.56. The Labute approximate surface area is 140 Å². The van der Waals surface area contributed by atoms with Gasteiger partial charge in [0.2, 0.25) is 5.91 Å². The first kappa shape index (κ1) is 19.0. The normalized spacial score (nSPS) is 18.8. The summed E-state index contributed by atoms with van der Waals surface area (Å²) in [5.41, 5.74) is 1.21. The fourth-order valence-electron chi connectivity index (χ4n) is 3.00. The Morgan fingerprint density at radius 1 is 1.32 bits per heavy atom. The highest BCUT2D eigenvalue weighted by molar-refractivity contribution is 5.85. The van der Waals surface area contributed by atoms with Gasteiger partial charge in [-0.05, 0) is 49.8 Å². The Balaban J connectivity index is 0.00000242. The SMILES string of the molecule is CC(C)CC(NC(=O)CCC1CCNC1)c1ccccc1.Cl. The molecular formula is C18H29ClN2O. The molecule has 1 fully saturated rings. The molecule has 1 amide bonds. The molecule has 0 saturated carbocycles. The van der Waals surface area contributed by atoms with Crippen molar-refractivity contribution >= 4 is 18.3 Å². The number of hydrogen-bond donors (Lipinski definition) is 2. The number of carbonyl (C=O) groups is 1. The Morgan fingerprint density at radius 2 is 2.05 bits per heavy atom. The summed E-state index contributed by atoms with van der Waals surface area (Å²) >= 11 is 0. The van der Waals surface area contributed by atoms with E-state index in [4.69, 9.17) is 0 Å². The monoisotopic (exact) mass is 324 g/mol. The molecule has 2 N–H and O–H groups in total. The van der Waals surface area contributed by atoms with Gasteiger partial charge in [-0.15, -0.1) is 12.4 Å². The van der Waals surface area contributed by atoms with Crippen LogP contribution in [-0.2, 0) is 4.79 Å². The molecule has 0 spiro atoms. The zero-order valence-electron chi connectivity index (χ0n) is 13.7. The lowest BCUT2D eigenvalue weighted by Crippen LogP contribution is -2.29. The van der Waals surface area contributed by atoms with Crippen LogP contribution < -0.4 is 10.6 Å². The van der Waals surface area contributed by atoms with Crippen molar-refractivity contribution < 1.29 is 4.79 Å². The number of amides is 1. The van der Waals surface area contributed by atoms with E-state index in [0.29, 0.717) is 18.3 Å². The largest absolute Gasteiger partial charge is 0.349 e. The summed E-state index contributed by atoms with van der Waals surface area (Å²) in [7, 11) is 0. The molecule has 0 aromatic heterocycles. The third-order valence-corrected chi connectivity index (χ3v) is 4.19.